The first-order valence-electron chi connectivity index (χ1n) is 7.66. The monoisotopic (exact) mass is 284 g/mol. The summed E-state index contributed by atoms with van der Waals surface area (Å²) in [5.41, 5.74) is 0.274. The van der Waals surface area contributed by atoms with Crippen LogP contribution in [0.25, 0.3) is 0 Å². The Morgan fingerprint density at radius 3 is 1.95 bits per heavy atom. The van der Waals surface area contributed by atoms with Gasteiger partial charge in [-0.05, 0) is 45.4 Å². The second-order valence-electron chi connectivity index (χ2n) is 6.07. The SMILES string of the molecule is CC=C(C)C(=O)O.OC(O)C1(C2CCCC2)CCCC1. The van der Waals surface area contributed by atoms with Gasteiger partial charge in [0.05, 0.1) is 0 Å². The summed E-state index contributed by atoms with van der Waals surface area (Å²) in [6.07, 6.45) is 9.96. The van der Waals surface area contributed by atoms with Gasteiger partial charge in [-0.3, -0.25) is 0 Å². The minimum Gasteiger partial charge on any atom is -0.478 e. The smallest absolute Gasteiger partial charge is 0.330 e. The van der Waals surface area contributed by atoms with Crippen molar-refractivity contribution in [2.45, 2.75) is 71.5 Å². The van der Waals surface area contributed by atoms with Crippen molar-refractivity contribution in [1.82, 2.24) is 0 Å². The van der Waals surface area contributed by atoms with Crippen molar-refractivity contribution in [1.29, 1.82) is 0 Å². The van der Waals surface area contributed by atoms with Gasteiger partial charge in [-0.25, -0.2) is 4.79 Å². The van der Waals surface area contributed by atoms with Crippen LogP contribution in [0.5, 0.6) is 0 Å². The van der Waals surface area contributed by atoms with Gasteiger partial charge in [0.1, 0.15) is 0 Å². The van der Waals surface area contributed by atoms with E-state index in [4.69, 9.17) is 5.11 Å². The van der Waals surface area contributed by atoms with Crippen molar-refractivity contribution >= 4 is 5.97 Å². The summed E-state index contributed by atoms with van der Waals surface area (Å²) in [5, 5.41) is 27.2. The number of aliphatic carboxylic acids is 1. The molecule has 0 atom stereocenters. The molecule has 20 heavy (non-hydrogen) atoms. The molecule has 3 N–H and O–H groups in total. The van der Waals surface area contributed by atoms with Gasteiger partial charge in [-0.15, -0.1) is 0 Å². The Balaban J connectivity index is 0.000000246. The maximum Gasteiger partial charge on any atom is 0.330 e. The summed E-state index contributed by atoms with van der Waals surface area (Å²) in [7, 11) is 0. The van der Waals surface area contributed by atoms with Crippen LogP contribution in [0.15, 0.2) is 11.6 Å². The minimum atomic E-state index is -1.07. The maximum atomic E-state index is 9.86. The van der Waals surface area contributed by atoms with Crippen LogP contribution in [0, 0.1) is 11.3 Å². The average Bonchev–Trinajstić information content (AvgIpc) is 3.09. The van der Waals surface area contributed by atoms with E-state index in [1.54, 1.807) is 19.9 Å². The van der Waals surface area contributed by atoms with Crippen molar-refractivity contribution < 1.29 is 20.1 Å². The molecule has 0 aliphatic heterocycles. The molecule has 0 unspecified atom stereocenters. The highest BCUT2D eigenvalue weighted by atomic mass is 16.5. The molecule has 0 aromatic rings. The fourth-order valence-corrected chi connectivity index (χ4v) is 3.53. The summed E-state index contributed by atoms with van der Waals surface area (Å²) in [5.74, 6) is -0.252. The zero-order valence-corrected chi connectivity index (χ0v) is 12.6. The number of carboxylic acid groups (broad SMARTS) is 1. The lowest BCUT2D eigenvalue weighted by Gasteiger charge is -2.37. The molecular formula is C16H28O4. The highest BCUT2D eigenvalue weighted by Crippen LogP contribution is 2.52. The second-order valence-corrected chi connectivity index (χ2v) is 6.07. The first-order chi connectivity index (χ1) is 9.44. The lowest BCUT2D eigenvalue weighted by molar-refractivity contribution is -0.155. The van der Waals surface area contributed by atoms with Crippen LogP contribution in [-0.2, 0) is 4.79 Å². The maximum absolute atomic E-state index is 9.86. The highest BCUT2D eigenvalue weighted by Gasteiger charge is 2.46. The normalized spacial score (nSPS) is 22.8. The molecule has 0 heterocycles. The minimum absolute atomic E-state index is 0.115. The van der Waals surface area contributed by atoms with Gasteiger partial charge in [0.25, 0.3) is 0 Å². The third kappa shape index (κ3) is 4.06. The fourth-order valence-electron chi connectivity index (χ4n) is 3.53. The molecule has 2 aliphatic rings. The molecule has 0 radical (unpaired) electrons. The quantitative estimate of drug-likeness (QED) is 0.550. The van der Waals surface area contributed by atoms with Gasteiger partial charge in [0, 0.05) is 11.0 Å². The first-order valence-corrected chi connectivity index (χ1v) is 7.66. The number of aliphatic hydroxyl groups is 2. The number of carboxylic acids is 1. The lowest BCUT2D eigenvalue weighted by atomic mass is 9.72. The number of aliphatic hydroxyl groups excluding tert-OH is 1. The Labute approximate surface area is 121 Å². The molecule has 0 saturated heterocycles. The van der Waals surface area contributed by atoms with Crippen LogP contribution in [-0.4, -0.2) is 27.6 Å². The van der Waals surface area contributed by atoms with Crippen molar-refractivity contribution in [3.05, 3.63) is 11.6 Å². The summed E-state index contributed by atoms with van der Waals surface area (Å²) in [4.78, 5) is 9.86. The van der Waals surface area contributed by atoms with Crippen LogP contribution in [0.1, 0.15) is 65.2 Å². The number of carbonyl (C=O) groups is 1. The van der Waals surface area contributed by atoms with E-state index in [2.05, 4.69) is 0 Å². The molecule has 0 aromatic heterocycles. The van der Waals surface area contributed by atoms with E-state index in [1.807, 2.05) is 0 Å². The second kappa shape index (κ2) is 7.79. The van der Waals surface area contributed by atoms with Crippen molar-refractivity contribution in [3.8, 4) is 0 Å². The van der Waals surface area contributed by atoms with Gasteiger partial charge in [-0.1, -0.05) is 31.8 Å². The summed E-state index contributed by atoms with van der Waals surface area (Å²) in [6.45, 7) is 3.26. The molecular weight excluding hydrogens is 256 g/mol. The Morgan fingerprint density at radius 1 is 1.15 bits per heavy atom. The molecule has 4 heteroatoms. The van der Waals surface area contributed by atoms with Crippen molar-refractivity contribution in [2.24, 2.45) is 11.3 Å². The molecule has 4 nitrogen and oxygen atoms in total. The van der Waals surface area contributed by atoms with Crippen LogP contribution >= 0.6 is 0 Å². The third-order valence-corrected chi connectivity index (χ3v) is 4.99. The van der Waals surface area contributed by atoms with E-state index in [-0.39, 0.29) is 5.41 Å². The number of allylic oxidation sites excluding steroid dienone is 1. The Bertz CT molecular complexity index is 334. The van der Waals surface area contributed by atoms with Gasteiger partial charge in [0.2, 0.25) is 0 Å². The highest BCUT2D eigenvalue weighted by molar-refractivity contribution is 5.85. The molecule has 0 aromatic carbocycles. The predicted molar refractivity (Wildman–Crippen MR) is 78.2 cm³/mol. The first kappa shape index (κ1) is 17.2. The van der Waals surface area contributed by atoms with E-state index in [0.29, 0.717) is 11.5 Å². The van der Waals surface area contributed by atoms with E-state index < -0.39 is 12.3 Å². The van der Waals surface area contributed by atoms with Crippen LogP contribution < -0.4 is 0 Å². The molecule has 0 amide bonds. The van der Waals surface area contributed by atoms with Crippen molar-refractivity contribution in [3.63, 3.8) is 0 Å². The van der Waals surface area contributed by atoms with E-state index >= 15 is 0 Å². The Hall–Kier alpha value is -0.870. The van der Waals surface area contributed by atoms with E-state index in [9.17, 15) is 15.0 Å². The Kier molecular flexibility index (Phi) is 6.69. The number of rotatable bonds is 3. The third-order valence-electron chi connectivity index (χ3n) is 4.99. The fraction of sp³-hybridized carbons (Fsp3) is 0.812. The van der Waals surface area contributed by atoms with E-state index in [1.165, 1.54) is 38.5 Å². The molecule has 2 saturated carbocycles. The zero-order valence-electron chi connectivity index (χ0n) is 12.6. The van der Waals surface area contributed by atoms with Gasteiger partial charge >= 0.3 is 5.97 Å². The van der Waals surface area contributed by atoms with Crippen LogP contribution in [0.2, 0.25) is 0 Å². The molecule has 0 spiro atoms. The molecule has 0 bridgehead atoms. The molecule has 2 fully saturated rings. The topological polar surface area (TPSA) is 77.8 Å². The summed E-state index contributed by atoms with van der Waals surface area (Å²) < 4.78 is 0. The van der Waals surface area contributed by atoms with E-state index in [0.717, 1.165) is 12.8 Å². The lowest BCUT2D eigenvalue weighted by Crippen LogP contribution is -2.38. The van der Waals surface area contributed by atoms with Crippen LogP contribution in [0.3, 0.4) is 0 Å². The number of hydrogen-bond acceptors (Lipinski definition) is 3. The number of hydrogen-bond donors (Lipinski definition) is 3. The van der Waals surface area contributed by atoms with Gasteiger partial charge in [-0.2, -0.15) is 0 Å². The summed E-state index contributed by atoms with van der Waals surface area (Å²) in [6, 6.07) is 0. The van der Waals surface area contributed by atoms with Crippen LogP contribution in [0.4, 0.5) is 0 Å². The molecule has 116 valence electrons. The average molecular weight is 284 g/mol. The molecule has 2 aliphatic carbocycles. The van der Waals surface area contributed by atoms with Crippen molar-refractivity contribution in [2.75, 3.05) is 0 Å². The van der Waals surface area contributed by atoms with Gasteiger partial charge in [0.15, 0.2) is 6.29 Å². The Morgan fingerprint density at radius 2 is 1.65 bits per heavy atom. The predicted octanol–water partition coefficient (Wildman–Crippen LogP) is 3.08. The molecule has 2 rings (SSSR count). The zero-order chi connectivity index (χ0) is 15.2. The standard InChI is InChI=1S/C11H20O2.C5H8O2/c12-10(13)11(7-3-4-8-11)9-5-1-2-6-9;1-3-4(2)5(6)7/h9-10,12-13H,1-8H2;3H,1-2H3,(H,6,7). The largest absolute Gasteiger partial charge is 0.478 e. The summed E-state index contributed by atoms with van der Waals surface area (Å²) >= 11 is 0. The van der Waals surface area contributed by atoms with Gasteiger partial charge < -0.3 is 15.3 Å².